The summed E-state index contributed by atoms with van der Waals surface area (Å²) in [6, 6.07) is 2.53. The van der Waals surface area contributed by atoms with Crippen molar-refractivity contribution < 1.29 is 32.3 Å². The lowest BCUT2D eigenvalue weighted by molar-refractivity contribution is -0.139. The number of ether oxygens (including phenoxy) is 1. The molecule has 0 bridgehead atoms. The molecule has 0 radical (unpaired) electrons. The number of aromatic carboxylic acids is 1. The van der Waals surface area contributed by atoms with Gasteiger partial charge in [0.25, 0.3) is 0 Å². The van der Waals surface area contributed by atoms with E-state index < -0.39 is 27.2 Å². The van der Waals surface area contributed by atoms with Crippen LogP contribution in [0.25, 0.3) is 0 Å². The number of methoxy groups -OCH3 is 1. The van der Waals surface area contributed by atoms with Gasteiger partial charge in [0.15, 0.2) is 5.25 Å². The third-order valence-electron chi connectivity index (χ3n) is 2.32. The molecule has 0 amide bonds. The number of nitrogens with one attached hydrogen (secondary N) is 1. The lowest BCUT2D eigenvalue weighted by Gasteiger charge is -2.10. The second-order valence-corrected chi connectivity index (χ2v) is 5.69. The monoisotopic (exact) mass is 291 g/mol. The Hall–Kier alpha value is -1.87. The van der Waals surface area contributed by atoms with E-state index in [-0.39, 0.29) is 18.1 Å². The van der Waals surface area contributed by atoms with Crippen LogP contribution in [0.3, 0.4) is 0 Å². The van der Waals surface area contributed by atoms with E-state index in [9.17, 15) is 18.0 Å². The highest BCUT2D eigenvalue weighted by Gasteiger charge is 2.28. The molecular weight excluding hydrogens is 278 g/mol. The molecule has 1 aromatic rings. The molecule has 0 aliphatic carbocycles. The Balaban J connectivity index is 2.69. The largest absolute Gasteiger partial charge is 0.475 e. The molecule has 0 aromatic carbocycles. The molecule has 0 fully saturated rings. The summed E-state index contributed by atoms with van der Waals surface area (Å²) in [6.07, 6.45) is 0. The predicted octanol–water partition coefficient (Wildman–Crippen LogP) is -0.0413. The number of carboxylic acids is 1. The number of carbonyl (C=O) groups excluding carboxylic acids is 1. The van der Waals surface area contributed by atoms with Gasteiger partial charge in [-0.05, 0) is 19.1 Å². The van der Waals surface area contributed by atoms with Crippen LogP contribution in [0.2, 0.25) is 0 Å². The first-order valence-electron chi connectivity index (χ1n) is 5.16. The zero-order valence-corrected chi connectivity index (χ0v) is 11.1. The summed E-state index contributed by atoms with van der Waals surface area (Å²) >= 11 is 0. The van der Waals surface area contributed by atoms with Crippen LogP contribution in [0.1, 0.15) is 23.2 Å². The quantitative estimate of drug-likeness (QED) is 0.705. The zero-order valence-electron chi connectivity index (χ0n) is 10.2. The Morgan fingerprint density at radius 2 is 2.11 bits per heavy atom. The Kier molecular flexibility index (Phi) is 4.67. The number of hydrogen-bond donors (Lipinski definition) is 2. The first kappa shape index (κ1) is 15.2. The van der Waals surface area contributed by atoms with Gasteiger partial charge < -0.3 is 14.3 Å². The molecule has 9 heteroatoms. The lowest BCUT2D eigenvalue weighted by Crippen LogP contribution is -2.37. The van der Waals surface area contributed by atoms with E-state index in [1.807, 2.05) is 0 Å². The van der Waals surface area contributed by atoms with Crippen molar-refractivity contribution in [1.29, 1.82) is 0 Å². The van der Waals surface area contributed by atoms with Crippen molar-refractivity contribution in [2.45, 2.75) is 18.7 Å². The van der Waals surface area contributed by atoms with Gasteiger partial charge in [-0.25, -0.2) is 17.9 Å². The summed E-state index contributed by atoms with van der Waals surface area (Å²) in [5, 5.41) is 7.26. The Bertz CT molecular complexity index is 574. The molecular formula is C10H13NO7S. The number of esters is 1. The molecule has 1 atom stereocenters. The highest BCUT2D eigenvalue weighted by atomic mass is 32.2. The van der Waals surface area contributed by atoms with E-state index in [1.54, 1.807) is 0 Å². The van der Waals surface area contributed by atoms with Gasteiger partial charge in [-0.3, -0.25) is 4.79 Å². The van der Waals surface area contributed by atoms with Gasteiger partial charge in [0, 0.05) is 0 Å². The topological polar surface area (TPSA) is 123 Å². The summed E-state index contributed by atoms with van der Waals surface area (Å²) in [6.45, 7) is 0.927. The van der Waals surface area contributed by atoms with Gasteiger partial charge in [-0.1, -0.05) is 0 Å². The third-order valence-corrected chi connectivity index (χ3v) is 3.99. The minimum absolute atomic E-state index is 0.123. The minimum atomic E-state index is -3.91. The molecule has 0 saturated heterocycles. The fourth-order valence-corrected chi connectivity index (χ4v) is 2.12. The van der Waals surface area contributed by atoms with E-state index in [1.165, 1.54) is 19.1 Å². The first-order chi connectivity index (χ1) is 8.77. The van der Waals surface area contributed by atoms with E-state index >= 15 is 0 Å². The first-order valence-corrected chi connectivity index (χ1v) is 6.71. The number of carbonyl (C=O) groups is 2. The molecule has 1 heterocycles. The highest BCUT2D eigenvalue weighted by Crippen LogP contribution is 2.09. The molecule has 8 nitrogen and oxygen atoms in total. The number of carboxylic acid groups (broad SMARTS) is 1. The Morgan fingerprint density at radius 3 is 2.58 bits per heavy atom. The lowest BCUT2D eigenvalue weighted by atomic mass is 10.4. The SMILES string of the molecule is COC(=O)C(C)S(=O)(=O)NCc1ccc(C(=O)O)o1. The average Bonchev–Trinajstić information content (AvgIpc) is 2.83. The van der Waals surface area contributed by atoms with Crippen LogP contribution in [-0.4, -0.2) is 37.8 Å². The molecule has 19 heavy (non-hydrogen) atoms. The molecule has 1 rings (SSSR count). The van der Waals surface area contributed by atoms with Crippen molar-refractivity contribution in [2.75, 3.05) is 7.11 Å². The molecule has 0 saturated carbocycles. The fraction of sp³-hybridized carbons (Fsp3) is 0.400. The van der Waals surface area contributed by atoms with Crippen LogP contribution in [-0.2, 0) is 26.1 Å². The van der Waals surface area contributed by atoms with Gasteiger partial charge in [0.05, 0.1) is 13.7 Å². The maximum Gasteiger partial charge on any atom is 0.371 e. The smallest absolute Gasteiger partial charge is 0.371 e. The number of furan rings is 1. The third kappa shape index (κ3) is 3.80. The standard InChI is InChI=1S/C10H13NO7S/c1-6(10(14)17-2)19(15,16)11-5-7-3-4-8(18-7)9(12)13/h3-4,6,11H,5H2,1-2H3,(H,12,13). The van der Waals surface area contributed by atoms with Crippen molar-refractivity contribution in [1.82, 2.24) is 4.72 Å². The van der Waals surface area contributed by atoms with Crippen molar-refractivity contribution >= 4 is 22.0 Å². The van der Waals surface area contributed by atoms with Crippen LogP contribution >= 0.6 is 0 Å². The van der Waals surface area contributed by atoms with E-state index in [2.05, 4.69) is 9.46 Å². The van der Waals surface area contributed by atoms with Crippen molar-refractivity contribution in [3.63, 3.8) is 0 Å². The van der Waals surface area contributed by atoms with E-state index in [0.29, 0.717) is 0 Å². The average molecular weight is 291 g/mol. The summed E-state index contributed by atoms with van der Waals surface area (Å²) in [4.78, 5) is 21.7. The molecule has 1 aromatic heterocycles. The molecule has 1 unspecified atom stereocenters. The van der Waals surface area contributed by atoms with Crippen molar-refractivity contribution in [3.8, 4) is 0 Å². The molecule has 0 aliphatic rings. The summed E-state index contributed by atoms with van der Waals surface area (Å²) in [5.74, 6) is -2.32. The molecule has 0 spiro atoms. The van der Waals surface area contributed by atoms with Crippen LogP contribution in [0.15, 0.2) is 16.5 Å². The summed E-state index contributed by atoms with van der Waals surface area (Å²) in [5.41, 5.74) is 0. The van der Waals surface area contributed by atoms with Crippen molar-refractivity contribution in [2.24, 2.45) is 0 Å². The normalized spacial score (nSPS) is 12.9. The maximum absolute atomic E-state index is 11.7. The van der Waals surface area contributed by atoms with Gasteiger partial charge >= 0.3 is 11.9 Å². The van der Waals surface area contributed by atoms with Crippen LogP contribution in [0.4, 0.5) is 0 Å². The molecule has 106 valence electrons. The Morgan fingerprint density at radius 1 is 1.47 bits per heavy atom. The van der Waals surface area contributed by atoms with E-state index in [0.717, 1.165) is 7.11 Å². The second-order valence-electron chi connectivity index (χ2n) is 3.60. The second kappa shape index (κ2) is 5.85. The highest BCUT2D eigenvalue weighted by molar-refractivity contribution is 7.90. The van der Waals surface area contributed by atoms with E-state index in [4.69, 9.17) is 9.52 Å². The fourth-order valence-electron chi connectivity index (χ4n) is 1.18. The predicted molar refractivity (Wildman–Crippen MR) is 62.9 cm³/mol. The Labute approximate surface area is 109 Å². The van der Waals surface area contributed by atoms with Crippen molar-refractivity contribution in [3.05, 3.63) is 23.7 Å². The van der Waals surface area contributed by atoms with Gasteiger partial charge in [0.2, 0.25) is 15.8 Å². The van der Waals surface area contributed by atoms with Crippen LogP contribution in [0, 0.1) is 0 Å². The maximum atomic E-state index is 11.7. The van der Waals surface area contributed by atoms with Crippen LogP contribution < -0.4 is 4.72 Å². The van der Waals surface area contributed by atoms with Gasteiger partial charge in [-0.2, -0.15) is 0 Å². The zero-order chi connectivity index (χ0) is 14.6. The van der Waals surface area contributed by atoms with Crippen LogP contribution in [0.5, 0.6) is 0 Å². The van der Waals surface area contributed by atoms with Gasteiger partial charge in [-0.15, -0.1) is 0 Å². The summed E-state index contributed by atoms with van der Waals surface area (Å²) in [7, 11) is -2.83. The minimum Gasteiger partial charge on any atom is -0.475 e. The van der Waals surface area contributed by atoms with Gasteiger partial charge in [0.1, 0.15) is 5.76 Å². The number of rotatable bonds is 6. The molecule has 2 N–H and O–H groups in total. The summed E-state index contributed by atoms with van der Waals surface area (Å²) < 4.78 is 34.7. The number of hydrogen-bond acceptors (Lipinski definition) is 6. The number of sulfonamides is 1. The molecule has 0 aliphatic heterocycles.